The van der Waals surface area contributed by atoms with Crippen LogP contribution in [-0.4, -0.2) is 25.8 Å². The summed E-state index contributed by atoms with van der Waals surface area (Å²) in [6.45, 7) is 5.42. The Morgan fingerprint density at radius 2 is 2.31 bits per heavy atom. The van der Waals surface area contributed by atoms with E-state index in [0.29, 0.717) is 5.41 Å². The molecule has 1 unspecified atom stereocenters. The molecule has 76 valence electrons. The van der Waals surface area contributed by atoms with Crippen LogP contribution in [0.3, 0.4) is 0 Å². The molecule has 0 bridgehead atoms. The lowest BCUT2D eigenvalue weighted by Gasteiger charge is -2.36. The molecule has 1 saturated heterocycles. The summed E-state index contributed by atoms with van der Waals surface area (Å²) in [5.74, 6) is 0. The first-order chi connectivity index (χ1) is 6.35. The van der Waals surface area contributed by atoms with Gasteiger partial charge in [-0.05, 0) is 32.1 Å². The van der Waals surface area contributed by atoms with Crippen LogP contribution in [0.2, 0.25) is 0 Å². The Kier molecular flexibility index (Phi) is 2.89. The molecule has 1 aliphatic heterocycles. The fraction of sp³-hybridized carbons (Fsp3) is 1.00. The molecule has 2 heteroatoms. The third kappa shape index (κ3) is 2.44. The van der Waals surface area contributed by atoms with Crippen molar-refractivity contribution in [2.75, 3.05) is 19.8 Å². The minimum Gasteiger partial charge on any atom is -0.381 e. The third-order valence-electron chi connectivity index (χ3n) is 3.50. The second kappa shape index (κ2) is 3.97. The van der Waals surface area contributed by atoms with E-state index >= 15 is 0 Å². The van der Waals surface area contributed by atoms with Gasteiger partial charge < -0.3 is 10.1 Å². The highest BCUT2D eigenvalue weighted by Crippen LogP contribution is 2.32. The van der Waals surface area contributed by atoms with Crippen molar-refractivity contribution in [1.82, 2.24) is 5.32 Å². The van der Waals surface area contributed by atoms with Crippen LogP contribution in [0.15, 0.2) is 0 Å². The van der Waals surface area contributed by atoms with Crippen LogP contribution in [0.1, 0.15) is 39.0 Å². The van der Waals surface area contributed by atoms with Gasteiger partial charge in [-0.2, -0.15) is 0 Å². The molecular weight excluding hydrogens is 162 g/mol. The van der Waals surface area contributed by atoms with Gasteiger partial charge in [-0.3, -0.25) is 0 Å². The van der Waals surface area contributed by atoms with E-state index in [2.05, 4.69) is 12.2 Å². The highest BCUT2D eigenvalue weighted by atomic mass is 16.5. The molecule has 0 aromatic heterocycles. The van der Waals surface area contributed by atoms with Gasteiger partial charge in [-0.25, -0.2) is 0 Å². The number of rotatable bonds is 4. The first-order valence-corrected chi connectivity index (χ1v) is 5.66. The molecule has 0 aromatic carbocycles. The fourth-order valence-electron chi connectivity index (χ4n) is 2.10. The van der Waals surface area contributed by atoms with Gasteiger partial charge in [0, 0.05) is 24.6 Å². The van der Waals surface area contributed by atoms with Crippen molar-refractivity contribution in [3.63, 3.8) is 0 Å². The molecule has 1 atom stereocenters. The van der Waals surface area contributed by atoms with Gasteiger partial charge in [0.15, 0.2) is 0 Å². The van der Waals surface area contributed by atoms with Gasteiger partial charge in [0.25, 0.3) is 0 Å². The standard InChI is InChI=1S/C11H21NO/c1-2-11(6-3-7-13-9-11)8-12-10-4-5-10/h10,12H,2-9H2,1H3. The molecular formula is C11H21NO. The van der Waals surface area contributed by atoms with Crippen molar-refractivity contribution in [2.24, 2.45) is 5.41 Å². The van der Waals surface area contributed by atoms with E-state index in [4.69, 9.17) is 4.74 Å². The molecule has 0 amide bonds. The molecule has 1 N–H and O–H groups in total. The zero-order valence-corrected chi connectivity index (χ0v) is 8.64. The SMILES string of the molecule is CCC1(CNC2CC2)CCCOC1. The minimum absolute atomic E-state index is 0.459. The Balaban J connectivity index is 1.80. The molecule has 1 aliphatic carbocycles. The van der Waals surface area contributed by atoms with Crippen LogP contribution < -0.4 is 5.32 Å². The predicted molar refractivity (Wildman–Crippen MR) is 53.8 cm³/mol. The Morgan fingerprint density at radius 1 is 1.46 bits per heavy atom. The van der Waals surface area contributed by atoms with Crippen molar-refractivity contribution >= 4 is 0 Å². The van der Waals surface area contributed by atoms with E-state index in [9.17, 15) is 0 Å². The van der Waals surface area contributed by atoms with Gasteiger partial charge in [0.2, 0.25) is 0 Å². The smallest absolute Gasteiger partial charge is 0.0534 e. The van der Waals surface area contributed by atoms with Crippen LogP contribution in [0, 0.1) is 5.41 Å². The van der Waals surface area contributed by atoms with E-state index in [0.717, 1.165) is 19.3 Å². The summed E-state index contributed by atoms with van der Waals surface area (Å²) in [5, 5.41) is 3.64. The summed E-state index contributed by atoms with van der Waals surface area (Å²) in [5.41, 5.74) is 0.459. The Morgan fingerprint density at radius 3 is 2.85 bits per heavy atom. The average Bonchev–Trinajstić information content (AvgIpc) is 3.00. The first kappa shape index (κ1) is 9.47. The second-order valence-electron chi connectivity index (χ2n) is 4.66. The van der Waals surface area contributed by atoms with Crippen LogP contribution in [0.4, 0.5) is 0 Å². The van der Waals surface area contributed by atoms with Crippen molar-refractivity contribution in [3.05, 3.63) is 0 Å². The largest absolute Gasteiger partial charge is 0.381 e. The highest BCUT2D eigenvalue weighted by molar-refractivity contribution is 4.88. The monoisotopic (exact) mass is 183 g/mol. The molecule has 2 aliphatic rings. The maximum Gasteiger partial charge on any atom is 0.0534 e. The van der Waals surface area contributed by atoms with Gasteiger partial charge in [0.1, 0.15) is 0 Å². The Labute approximate surface area is 81.0 Å². The number of hydrogen-bond acceptors (Lipinski definition) is 2. The topological polar surface area (TPSA) is 21.3 Å². The zero-order chi connectivity index (χ0) is 9.15. The Hall–Kier alpha value is -0.0800. The molecule has 0 spiro atoms. The molecule has 1 saturated carbocycles. The highest BCUT2D eigenvalue weighted by Gasteiger charge is 2.33. The summed E-state index contributed by atoms with van der Waals surface area (Å²) in [6, 6.07) is 0.838. The summed E-state index contributed by atoms with van der Waals surface area (Å²) >= 11 is 0. The third-order valence-corrected chi connectivity index (χ3v) is 3.50. The lowest BCUT2D eigenvalue weighted by atomic mass is 9.80. The van der Waals surface area contributed by atoms with Crippen LogP contribution in [0.25, 0.3) is 0 Å². The number of ether oxygens (including phenoxy) is 1. The van der Waals surface area contributed by atoms with Crippen molar-refractivity contribution in [1.29, 1.82) is 0 Å². The zero-order valence-electron chi connectivity index (χ0n) is 8.64. The quantitative estimate of drug-likeness (QED) is 0.719. The molecule has 2 rings (SSSR count). The molecule has 13 heavy (non-hydrogen) atoms. The molecule has 2 nitrogen and oxygen atoms in total. The Bertz CT molecular complexity index is 159. The van der Waals surface area contributed by atoms with E-state index in [1.165, 1.54) is 38.6 Å². The number of hydrogen-bond donors (Lipinski definition) is 1. The summed E-state index contributed by atoms with van der Waals surface area (Å²) in [4.78, 5) is 0. The molecule has 0 aromatic rings. The molecule has 0 radical (unpaired) electrons. The second-order valence-corrected chi connectivity index (χ2v) is 4.66. The summed E-state index contributed by atoms with van der Waals surface area (Å²) in [7, 11) is 0. The average molecular weight is 183 g/mol. The molecule has 1 heterocycles. The van der Waals surface area contributed by atoms with Gasteiger partial charge in [-0.1, -0.05) is 6.92 Å². The summed E-state index contributed by atoms with van der Waals surface area (Å²) in [6.07, 6.45) is 6.64. The van der Waals surface area contributed by atoms with E-state index in [-0.39, 0.29) is 0 Å². The van der Waals surface area contributed by atoms with E-state index in [1.807, 2.05) is 0 Å². The van der Waals surface area contributed by atoms with Crippen molar-refractivity contribution in [3.8, 4) is 0 Å². The van der Waals surface area contributed by atoms with Crippen LogP contribution in [-0.2, 0) is 4.74 Å². The van der Waals surface area contributed by atoms with E-state index < -0.39 is 0 Å². The van der Waals surface area contributed by atoms with Crippen LogP contribution in [0.5, 0.6) is 0 Å². The number of nitrogens with one attached hydrogen (secondary N) is 1. The van der Waals surface area contributed by atoms with E-state index in [1.54, 1.807) is 0 Å². The van der Waals surface area contributed by atoms with Gasteiger partial charge in [-0.15, -0.1) is 0 Å². The van der Waals surface area contributed by atoms with Crippen molar-refractivity contribution < 1.29 is 4.74 Å². The predicted octanol–water partition coefficient (Wildman–Crippen LogP) is 1.95. The maximum atomic E-state index is 5.59. The fourth-order valence-corrected chi connectivity index (χ4v) is 2.10. The normalized spacial score (nSPS) is 34.8. The summed E-state index contributed by atoms with van der Waals surface area (Å²) < 4.78 is 5.59. The van der Waals surface area contributed by atoms with Gasteiger partial charge >= 0.3 is 0 Å². The van der Waals surface area contributed by atoms with Gasteiger partial charge in [0.05, 0.1) is 6.61 Å². The first-order valence-electron chi connectivity index (χ1n) is 5.66. The lowest BCUT2D eigenvalue weighted by Crippen LogP contribution is -2.41. The van der Waals surface area contributed by atoms with Crippen LogP contribution >= 0.6 is 0 Å². The molecule has 2 fully saturated rings. The van der Waals surface area contributed by atoms with Crippen molar-refractivity contribution in [2.45, 2.75) is 45.1 Å². The minimum atomic E-state index is 0.459. The maximum absolute atomic E-state index is 5.59. The lowest BCUT2D eigenvalue weighted by molar-refractivity contribution is -0.00956.